The Morgan fingerprint density at radius 1 is 1.44 bits per heavy atom. The highest BCUT2D eigenvalue weighted by Crippen LogP contribution is 2.30. The molecule has 0 heterocycles. The minimum Gasteiger partial charge on any atom is -0.479 e. The molecule has 0 aliphatic heterocycles. The first-order valence-corrected chi connectivity index (χ1v) is 4.76. The van der Waals surface area contributed by atoms with Crippen LogP contribution in [-0.2, 0) is 4.79 Å². The van der Waals surface area contributed by atoms with Crippen LogP contribution in [0.1, 0.15) is 13.3 Å². The van der Waals surface area contributed by atoms with E-state index in [1.165, 1.54) is 5.32 Å². The average Bonchev–Trinajstić information content (AvgIpc) is 2.23. The fourth-order valence-electron chi connectivity index (χ4n) is 0.874. The molecule has 9 heteroatoms. The van der Waals surface area contributed by atoms with Crippen molar-refractivity contribution in [3.8, 4) is 6.07 Å². The van der Waals surface area contributed by atoms with Gasteiger partial charge >= 0.3 is 18.2 Å². The molecule has 0 aromatic carbocycles. The number of nitriles is 1. The number of amides is 2. The number of halogens is 3. The van der Waals surface area contributed by atoms with Crippen molar-refractivity contribution in [2.45, 2.75) is 25.1 Å². The zero-order valence-electron chi connectivity index (χ0n) is 9.71. The molecule has 0 radical (unpaired) electrons. The maximum absolute atomic E-state index is 12.6. The summed E-state index contributed by atoms with van der Waals surface area (Å²) < 4.78 is 37.7. The summed E-state index contributed by atoms with van der Waals surface area (Å²) in [7, 11) is 1.16. The number of urea groups is 1. The Kier molecular flexibility index (Phi) is 4.96. The summed E-state index contributed by atoms with van der Waals surface area (Å²) in [4.78, 5) is 22.8. The lowest BCUT2D eigenvalue weighted by atomic mass is 10.0. The SMILES string of the molecule is CN(CCC#N)C(=O)NC(C)(C(=O)O)C(F)(F)F. The molecule has 1 atom stereocenters. The van der Waals surface area contributed by atoms with Crippen LogP contribution < -0.4 is 5.32 Å². The van der Waals surface area contributed by atoms with Gasteiger partial charge in [0.05, 0.1) is 12.5 Å². The number of hydrogen-bond donors (Lipinski definition) is 2. The van der Waals surface area contributed by atoms with Gasteiger partial charge in [-0.25, -0.2) is 9.59 Å². The first kappa shape index (κ1) is 16.0. The fraction of sp³-hybridized carbons (Fsp3) is 0.667. The van der Waals surface area contributed by atoms with Gasteiger partial charge in [0, 0.05) is 13.6 Å². The summed E-state index contributed by atoms with van der Waals surface area (Å²) >= 11 is 0. The Morgan fingerprint density at radius 2 is 1.94 bits per heavy atom. The van der Waals surface area contributed by atoms with Crippen LogP contribution in [0.4, 0.5) is 18.0 Å². The van der Waals surface area contributed by atoms with E-state index in [0.29, 0.717) is 6.92 Å². The van der Waals surface area contributed by atoms with E-state index in [4.69, 9.17) is 10.4 Å². The number of nitrogens with zero attached hydrogens (tertiary/aromatic N) is 2. The van der Waals surface area contributed by atoms with Gasteiger partial charge in [-0.2, -0.15) is 18.4 Å². The summed E-state index contributed by atoms with van der Waals surface area (Å²) in [6.45, 7) is 0.251. The summed E-state index contributed by atoms with van der Waals surface area (Å²) in [6, 6.07) is 0.494. The van der Waals surface area contributed by atoms with Crippen LogP contribution in [0.5, 0.6) is 0 Å². The minimum atomic E-state index is -5.13. The van der Waals surface area contributed by atoms with E-state index in [1.54, 1.807) is 6.07 Å². The van der Waals surface area contributed by atoms with Crippen LogP contribution in [-0.4, -0.2) is 47.3 Å². The van der Waals surface area contributed by atoms with Crippen molar-refractivity contribution in [2.24, 2.45) is 0 Å². The highest BCUT2D eigenvalue weighted by Gasteiger charge is 2.58. The smallest absolute Gasteiger partial charge is 0.422 e. The zero-order chi connectivity index (χ0) is 14.6. The third-order valence-electron chi connectivity index (χ3n) is 2.26. The second kappa shape index (κ2) is 5.57. The standard InChI is InChI=1S/C9H12F3N3O3/c1-8(6(16)17,9(10,11)12)14-7(18)15(2)5-3-4-13/h3,5H2,1-2H3,(H,14,18)(H,16,17). The van der Waals surface area contributed by atoms with Gasteiger partial charge in [-0.05, 0) is 6.92 Å². The van der Waals surface area contributed by atoms with Crippen LogP contribution in [0, 0.1) is 11.3 Å². The molecule has 0 aliphatic rings. The first-order valence-electron chi connectivity index (χ1n) is 4.76. The summed E-state index contributed by atoms with van der Waals surface area (Å²) in [5, 5.41) is 18.2. The normalized spacial score (nSPS) is 14.2. The van der Waals surface area contributed by atoms with Crippen LogP contribution >= 0.6 is 0 Å². The predicted octanol–water partition coefficient (Wildman–Crippen LogP) is 0.947. The number of carbonyl (C=O) groups is 2. The molecule has 0 spiro atoms. The Bertz CT molecular complexity index is 377. The van der Waals surface area contributed by atoms with E-state index in [9.17, 15) is 22.8 Å². The monoisotopic (exact) mass is 267 g/mol. The molecule has 2 amide bonds. The number of carbonyl (C=O) groups excluding carboxylic acids is 1. The van der Waals surface area contributed by atoms with E-state index < -0.39 is 23.7 Å². The molecule has 0 fully saturated rings. The van der Waals surface area contributed by atoms with Crippen molar-refractivity contribution < 1.29 is 27.9 Å². The number of carboxylic acid groups (broad SMARTS) is 1. The molecule has 0 rings (SSSR count). The molecule has 6 nitrogen and oxygen atoms in total. The second-order valence-corrected chi connectivity index (χ2v) is 3.69. The highest BCUT2D eigenvalue weighted by atomic mass is 19.4. The van der Waals surface area contributed by atoms with Crippen molar-refractivity contribution in [3.05, 3.63) is 0 Å². The molecule has 0 aliphatic carbocycles. The molecular weight excluding hydrogens is 255 g/mol. The van der Waals surface area contributed by atoms with Crippen LogP contribution in [0.25, 0.3) is 0 Å². The van der Waals surface area contributed by atoms with E-state index in [2.05, 4.69) is 0 Å². The quantitative estimate of drug-likeness (QED) is 0.792. The predicted molar refractivity (Wildman–Crippen MR) is 53.5 cm³/mol. The van der Waals surface area contributed by atoms with Crippen molar-refractivity contribution in [1.29, 1.82) is 5.26 Å². The topological polar surface area (TPSA) is 93.4 Å². The summed E-state index contributed by atoms with van der Waals surface area (Å²) in [5.74, 6) is -2.21. The third kappa shape index (κ3) is 3.51. The number of rotatable bonds is 4. The van der Waals surface area contributed by atoms with Gasteiger partial charge in [0.1, 0.15) is 0 Å². The molecule has 0 aromatic heterocycles. The molecule has 0 aromatic rings. The van der Waals surface area contributed by atoms with Crippen LogP contribution in [0.15, 0.2) is 0 Å². The van der Waals surface area contributed by atoms with Crippen molar-refractivity contribution in [3.63, 3.8) is 0 Å². The lowest BCUT2D eigenvalue weighted by Gasteiger charge is -2.30. The second-order valence-electron chi connectivity index (χ2n) is 3.69. The first-order chi connectivity index (χ1) is 8.06. The van der Waals surface area contributed by atoms with Gasteiger partial charge in [0.15, 0.2) is 0 Å². The minimum absolute atomic E-state index is 0.0697. The number of aliphatic carboxylic acids is 1. The van der Waals surface area contributed by atoms with Gasteiger partial charge in [0.2, 0.25) is 5.54 Å². The zero-order valence-corrected chi connectivity index (χ0v) is 9.71. The molecule has 2 N–H and O–H groups in total. The van der Waals surface area contributed by atoms with Gasteiger partial charge < -0.3 is 15.3 Å². The Hall–Kier alpha value is -1.98. The van der Waals surface area contributed by atoms with Crippen LogP contribution in [0.2, 0.25) is 0 Å². The summed E-state index contributed by atoms with van der Waals surface area (Å²) in [6.07, 6.45) is -5.20. The molecular formula is C9H12F3N3O3. The fourth-order valence-corrected chi connectivity index (χ4v) is 0.874. The summed E-state index contributed by atoms with van der Waals surface area (Å²) in [5.41, 5.74) is -3.37. The Labute approximate surface area is 101 Å². The van der Waals surface area contributed by atoms with Gasteiger partial charge in [-0.15, -0.1) is 0 Å². The molecule has 0 bridgehead atoms. The molecule has 18 heavy (non-hydrogen) atoms. The maximum Gasteiger partial charge on any atom is 0.422 e. The number of carboxylic acids is 1. The van der Waals surface area contributed by atoms with Crippen molar-refractivity contribution >= 4 is 12.0 Å². The van der Waals surface area contributed by atoms with Gasteiger partial charge in [-0.3, -0.25) is 0 Å². The molecule has 1 unspecified atom stereocenters. The van der Waals surface area contributed by atoms with Gasteiger partial charge in [-0.1, -0.05) is 0 Å². The van der Waals surface area contributed by atoms with Gasteiger partial charge in [0.25, 0.3) is 0 Å². The van der Waals surface area contributed by atoms with E-state index in [0.717, 1.165) is 11.9 Å². The van der Waals surface area contributed by atoms with Crippen LogP contribution in [0.3, 0.4) is 0 Å². The highest BCUT2D eigenvalue weighted by molar-refractivity contribution is 5.86. The van der Waals surface area contributed by atoms with Crippen molar-refractivity contribution in [1.82, 2.24) is 10.2 Å². The lowest BCUT2D eigenvalue weighted by Crippen LogP contribution is -2.63. The van der Waals surface area contributed by atoms with E-state index in [1.807, 2.05) is 0 Å². The number of nitrogens with one attached hydrogen (secondary N) is 1. The number of alkyl halides is 3. The molecule has 0 saturated heterocycles. The van der Waals surface area contributed by atoms with E-state index >= 15 is 0 Å². The largest absolute Gasteiger partial charge is 0.479 e. The Morgan fingerprint density at radius 3 is 2.28 bits per heavy atom. The Balaban J connectivity index is 4.88. The number of hydrogen-bond acceptors (Lipinski definition) is 3. The van der Waals surface area contributed by atoms with Crippen molar-refractivity contribution in [2.75, 3.05) is 13.6 Å². The van der Waals surface area contributed by atoms with E-state index in [-0.39, 0.29) is 13.0 Å². The average molecular weight is 267 g/mol. The molecule has 0 saturated carbocycles. The third-order valence-corrected chi connectivity index (χ3v) is 2.26. The molecule has 102 valence electrons. The maximum atomic E-state index is 12.6. The lowest BCUT2D eigenvalue weighted by molar-refractivity contribution is -0.203.